The van der Waals surface area contributed by atoms with Gasteiger partial charge in [0.1, 0.15) is 5.60 Å². The average Bonchev–Trinajstić information content (AvgIpc) is 2.36. The highest BCUT2D eigenvalue weighted by Crippen LogP contribution is 2.44. The largest absolute Gasteiger partial charge is 0.392 e. The molecule has 2 unspecified atom stereocenters. The van der Waals surface area contributed by atoms with Gasteiger partial charge in [-0.1, -0.05) is 19.8 Å². The van der Waals surface area contributed by atoms with Gasteiger partial charge in [0.05, 0.1) is 6.10 Å². The number of hydrogen-bond donors (Lipinski definition) is 3. The van der Waals surface area contributed by atoms with Crippen LogP contribution in [-0.4, -0.2) is 40.3 Å². The van der Waals surface area contributed by atoms with Crippen LogP contribution in [0.2, 0.25) is 0 Å². The maximum atomic E-state index is 13.9. The Kier molecular flexibility index (Phi) is 4.08. The molecule has 116 valence electrons. The van der Waals surface area contributed by atoms with Crippen molar-refractivity contribution in [3.63, 3.8) is 0 Å². The summed E-state index contributed by atoms with van der Waals surface area (Å²) in [6.45, 7) is 1.81. The summed E-state index contributed by atoms with van der Waals surface area (Å²) >= 11 is 0. The second-order valence-electron chi connectivity index (χ2n) is 6.56. The highest BCUT2D eigenvalue weighted by atomic mass is 19.3. The van der Waals surface area contributed by atoms with Gasteiger partial charge < -0.3 is 15.5 Å². The summed E-state index contributed by atoms with van der Waals surface area (Å²) in [5.74, 6) is -5.19. The average molecular weight is 291 g/mol. The molecule has 0 aromatic rings. The number of aliphatic hydroxyl groups excluding tert-OH is 1. The lowest BCUT2D eigenvalue weighted by atomic mass is 9.72. The third-order valence-corrected chi connectivity index (χ3v) is 4.98. The van der Waals surface area contributed by atoms with E-state index in [1.54, 1.807) is 6.92 Å². The highest BCUT2D eigenvalue weighted by Gasteiger charge is 2.61. The summed E-state index contributed by atoms with van der Waals surface area (Å²) in [4.78, 5) is 11.7. The molecule has 0 spiro atoms. The molecule has 0 aromatic heterocycles. The standard InChI is InChI=1S/C14H23F2NO3/c1-12(6-3-2-5-10(12)18)9-17-11(19)14(15,16)13(20)7-4-8-13/h10,18,20H,2-9H2,1H3,(H,17,19). The molecule has 3 N–H and O–H groups in total. The number of carbonyl (C=O) groups is 1. The Bertz CT molecular complexity index is 385. The topological polar surface area (TPSA) is 69.6 Å². The number of amides is 1. The smallest absolute Gasteiger partial charge is 0.352 e. The van der Waals surface area contributed by atoms with Gasteiger partial charge in [0.25, 0.3) is 5.91 Å². The molecule has 2 aliphatic carbocycles. The van der Waals surface area contributed by atoms with Gasteiger partial charge in [-0.15, -0.1) is 0 Å². The Labute approximate surface area is 117 Å². The first-order chi connectivity index (χ1) is 9.21. The zero-order valence-corrected chi connectivity index (χ0v) is 11.8. The summed E-state index contributed by atoms with van der Waals surface area (Å²) < 4.78 is 27.8. The van der Waals surface area contributed by atoms with E-state index in [1.165, 1.54) is 0 Å². The van der Waals surface area contributed by atoms with Crippen LogP contribution in [0.5, 0.6) is 0 Å². The minimum Gasteiger partial charge on any atom is -0.392 e. The lowest BCUT2D eigenvalue weighted by Gasteiger charge is -2.43. The van der Waals surface area contributed by atoms with Gasteiger partial charge in [-0.25, -0.2) is 0 Å². The molecule has 4 nitrogen and oxygen atoms in total. The van der Waals surface area contributed by atoms with Crippen LogP contribution in [0.3, 0.4) is 0 Å². The first-order valence-corrected chi connectivity index (χ1v) is 7.28. The molecule has 2 saturated carbocycles. The molecule has 0 saturated heterocycles. The Morgan fingerprint density at radius 1 is 1.30 bits per heavy atom. The first-order valence-electron chi connectivity index (χ1n) is 7.28. The molecule has 2 rings (SSSR count). The van der Waals surface area contributed by atoms with Crippen LogP contribution in [0.15, 0.2) is 0 Å². The normalized spacial score (nSPS) is 33.4. The van der Waals surface area contributed by atoms with E-state index in [1.807, 2.05) is 0 Å². The summed E-state index contributed by atoms with van der Waals surface area (Å²) in [6.07, 6.45) is 2.99. The number of carbonyl (C=O) groups excluding carboxylic acids is 1. The summed E-state index contributed by atoms with van der Waals surface area (Å²) in [5.41, 5.74) is -2.75. The number of halogens is 2. The van der Waals surface area contributed by atoms with E-state index in [4.69, 9.17) is 0 Å². The monoisotopic (exact) mass is 291 g/mol. The molecular weight excluding hydrogens is 268 g/mol. The van der Waals surface area contributed by atoms with Gasteiger partial charge in [0, 0.05) is 12.0 Å². The SMILES string of the molecule is CC1(CNC(=O)C(F)(F)C2(O)CCC2)CCCCC1O. The van der Waals surface area contributed by atoms with Crippen LogP contribution in [0.1, 0.15) is 51.9 Å². The zero-order chi connectivity index (χ0) is 15.0. The van der Waals surface area contributed by atoms with Crippen molar-refractivity contribution in [2.75, 3.05) is 6.54 Å². The van der Waals surface area contributed by atoms with Crippen molar-refractivity contribution >= 4 is 5.91 Å². The van der Waals surface area contributed by atoms with E-state index in [9.17, 15) is 23.8 Å². The second kappa shape index (κ2) is 5.22. The molecule has 2 fully saturated rings. The summed E-state index contributed by atoms with van der Waals surface area (Å²) in [5, 5.41) is 21.9. The predicted octanol–water partition coefficient (Wildman–Crippen LogP) is 1.59. The number of aliphatic hydroxyl groups is 2. The van der Waals surface area contributed by atoms with Crippen molar-refractivity contribution < 1.29 is 23.8 Å². The third-order valence-electron chi connectivity index (χ3n) is 4.98. The van der Waals surface area contributed by atoms with Gasteiger partial charge >= 0.3 is 5.92 Å². The first kappa shape index (κ1) is 15.6. The van der Waals surface area contributed by atoms with Crippen molar-refractivity contribution in [1.82, 2.24) is 5.32 Å². The lowest BCUT2D eigenvalue weighted by molar-refractivity contribution is -0.216. The van der Waals surface area contributed by atoms with Crippen LogP contribution in [0.4, 0.5) is 8.78 Å². The highest BCUT2D eigenvalue weighted by molar-refractivity contribution is 5.85. The fourth-order valence-electron chi connectivity index (χ4n) is 3.02. The van der Waals surface area contributed by atoms with Gasteiger partial charge in [0.2, 0.25) is 0 Å². The Hall–Kier alpha value is -0.750. The molecule has 20 heavy (non-hydrogen) atoms. The quantitative estimate of drug-likeness (QED) is 0.737. The van der Waals surface area contributed by atoms with E-state index in [2.05, 4.69) is 5.32 Å². The van der Waals surface area contributed by atoms with Crippen molar-refractivity contribution in [1.29, 1.82) is 0 Å². The number of rotatable bonds is 4. The third kappa shape index (κ3) is 2.55. The molecule has 0 aliphatic heterocycles. The fraction of sp³-hybridized carbons (Fsp3) is 0.929. The molecule has 2 atom stereocenters. The number of alkyl halides is 2. The Balaban J connectivity index is 1.94. The molecule has 0 bridgehead atoms. The van der Waals surface area contributed by atoms with Gasteiger partial charge in [-0.3, -0.25) is 4.79 Å². The van der Waals surface area contributed by atoms with Crippen molar-refractivity contribution in [2.45, 2.75) is 69.5 Å². The zero-order valence-electron chi connectivity index (χ0n) is 11.8. The minimum absolute atomic E-state index is 0.0126. The molecule has 0 radical (unpaired) electrons. The molecule has 2 aliphatic rings. The van der Waals surface area contributed by atoms with Crippen molar-refractivity contribution in [2.24, 2.45) is 5.41 Å². The molecule has 6 heteroatoms. The maximum Gasteiger partial charge on any atom is 0.352 e. The van der Waals surface area contributed by atoms with Crippen molar-refractivity contribution in [3.05, 3.63) is 0 Å². The molecule has 0 heterocycles. The summed E-state index contributed by atoms with van der Waals surface area (Å²) in [6, 6.07) is 0. The van der Waals surface area contributed by atoms with E-state index in [0.29, 0.717) is 19.3 Å². The van der Waals surface area contributed by atoms with Crippen LogP contribution >= 0.6 is 0 Å². The Morgan fingerprint density at radius 3 is 2.45 bits per heavy atom. The molecule has 1 amide bonds. The van der Waals surface area contributed by atoms with Gasteiger partial charge in [-0.2, -0.15) is 8.78 Å². The van der Waals surface area contributed by atoms with E-state index >= 15 is 0 Å². The minimum atomic E-state index is -3.76. The van der Waals surface area contributed by atoms with Gasteiger partial charge in [0.15, 0.2) is 0 Å². The number of nitrogens with one attached hydrogen (secondary N) is 1. The maximum absolute atomic E-state index is 13.9. The lowest BCUT2D eigenvalue weighted by Crippen LogP contribution is -2.61. The van der Waals surface area contributed by atoms with Crippen LogP contribution in [0, 0.1) is 5.41 Å². The van der Waals surface area contributed by atoms with Gasteiger partial charge in [-0.05, 0) is 32.1 Å². The fourth-order valence-corrected chi connectivity index (χ4v) is 3.02. The summed E-state index contributed by atoms with van der Waals surface area (Å²) in [7, 11) is 0. The second-order valence-corrected chi connectivity index (χ2v) is 6.56. The van der Waals surface area contributed by atoms with Crippen molar-refractivity contribution in [3.8, 4) is 0 Å². The molecule has 0 aromatic carbocycles. The molecular formula is C14H23F2NO3. The van der Waals surface area contributed by atoms with E-state index in [-0.39, 0.29) is 19.4 Å². The van der Waals surface area contributed by atoms with Crippen LogP contribution < -0.4 is 5.32 Å². The van der Waals surface area contributed by atoms with Crippen LogP contribution in [0.25, 0.3) is 0 Å². The number of hydrogen-bond acceptors (Lipinski definition) is 3. The predicted molar refractivity (Wildman–Crippen MR) is 69.3 cm³/mol. The Morgan fingerprint density at radius 2 is 1.95 bits per heavy atom. The van der Waals surface area contributed by atoms with E-state index in [0.717, 1.165) is 12.8 Å². The van der Waals surface area contributed by atoms with E-state index < -0.39 is 28.9 Å². The van der Waals surface area contributed by atoms with Crippen LogP contribution in [-0.2, 0) is 4.79 Å².